The summed E-state index contributed by atoms with van der Waals surface area (Å²) in [7, 11) is 1.64. The van der Waals surface area contributed by atoms with Crippen LogP contribution in [0.1, 0.15) is 42.3 Å². The fourth-order valence-electron chi connectivity index (χ4n) is 3.19. The second-order valence-corrected chi connectivity index (χ2v) is 6.15. The monoisotopic (exact) mass is 329 g/mol. The molecule has 2 aromatic rings. The Balaban J connectivity index is 1.82. The lowest BCUT2D eigenvalue weighted by Crippen LogP contribution is -2.41. The number of likely N-dealkylation sites (tertiary alicyclic amines) is 1. The van der Waals surface area contributed by atoms with Gasteiger partial charge in [0.1, 0.15) is 17.9 Å². The summed E-state index contributed by atoms with van der Waals surface area (Å²) in [6, 6.07) is 3.74. The number of aromatic nitrogens is 3. The number of urea groups is 1. The molecule has 0 bridgehead atoms. The zero-order valence-corrected chi connectivity index (χ0v) is 14.3. The van der Waals surface area contributed by atoms with Gasteiger partial charge in [-0.15, -0.1) is 0 Å². The van der Waals surface area contributed by atoms with E-state index in [4.69, 9.17) is 4.74 Å². The summed E-state index contributed by atoms with van der Waals surface area (Å²) < 4.78 is 5.39. The number of rotatable bonds is 3. The highest BCUT2D eigenvalue weighted by Gasteiger charge is 2.30. The number of ether oxygens (including phenoxy) is 1. The summed E-state index contributed by atoms with van der Waals surface area (Å²) in [5.74, 6) is 1.51. The number of methoxy groups -OCH3 is 1. The van der Waals surface area contributed by atoms with E-state index < -0.39 is 0 Å². The number of H-pyrrole nitrogens is 1. The van der Waals surface area contributed by atoms with Crippen LogP contribution in [-0.4, -0.2) is 39.8 Å². The Hall–Kier alpha value is -2.57. The highest BCUT2D eigenvalue weighted by molar-refractivity contribution is 5.91. The Kier molecular flexibility index (Phi) is 4.69. The molecule has 1 atom stereocenters. The van der Waals surface area contributed by atoms with E-state index in [0.29, 0.717) is 6.54 Å². The van der Waals surface area contributed by atoms with E-state index in [1.807, 2.05) is 30.9 Å². The number of piperidine rings is 1. The van der Waals surface area contributed by atoms with Crippen molar-refractivity contribution < 1.29 is 9.53 Å². The normalized spacial score (nSPS) is 17.6. The fraction of sp³-hybridized carbons (Fsp3) is 0.471. The average molecular weight is 329 g/mol. The van der Waals surface area contributed by atoms with Gasteiger partial charge in [0.05, 0.1) is 13.2 Å². The van der Waals surface area contributed by atoms with Gasteiger partial charge in [-0.1, -0.05) is 0 Å². The van der Waals surface area contributed by atoms with Crippen molar-refractivity contribution in [2.45, 2.75) is 39.2 Å². The zero-order chi connectivity index (χ0) is 17.1. The van der Waals surface area contributed by atoms with Crippen LogP contribution in [0.4, 0.5) is 10.5 Å². The molecule has 3 rings (SSSR count). The summed E-state index contributed by atoms with van der Waals surface area (Å²) in [6.07, 6.45) is 4.44. The van der Waals surface area contributed by atoms with E-state index in [1.165, 1.54) is 6.33 Å². The largest absolute Gasteiger partial charge is 0.496 e. The third-order valence-electron chi connectivity index (χ3n) is 4.48. The molecule has 1 unspecified atom stereocenters. The number of nitrogens with one attached hydrogen (secondary N) is 2. The Bertz CT molecular complexity index is 714. The zero-order valence-electron chi connectivity index (χ0n) is 14.3. The highest BCUT2D eigenvalue weighted by atomic mass is 16.5. The van der Waals surface area contributed by atoms with Crippen LogP contribution in [-0.2, 0) is 0 Å². The van der Waals surface area contributed by atoms with Crippen molar-refractivity contribution >= 4 is 11.7 Å². The van der Waals surface area contributed by atoms with Gasteiger partial charge in [0.2, 0.25) is 0 Å². The van der Waals surface area contributed by atoms with Crippen molar-refractivity contribution in [1.29, 1.82) is 0 Å². The fourth-order valence-corrected chi connectivity index (χ4v) is 3.19. The van der Waals surface area contributed by atoms with E-state index in [0.717, 1.165) is 47.7 Å². The number of carbonyl (C=O) groups is 1. The van der Waals surface area contributed by atoms with Gasteiger partial charge in [-0.3, -0.25) is 5.10 Å². The molecule has 0 aliphatic carbocycles. The lowest BCUT2D eigenvalue weighted by molar-refractivity contribution is 0.159. The Morgan fingerprint density at radius 3 is 2.92 bits per heavy atom. The number of amides is 2. The average Bonchev–Trinajstić information content (AvgIpc) is 3.12. The first-order valence-electron chi connectivity index (χ1n) is 8.18. The maximum absolute atomic E-state index is 12.8. The Morgan fingerprint density at radius 2 is 2.21 bits per heavy atom. The maximum Gasteiger partial charge on any atom is 0.322 e. The van der Waals surface area contributed by atoms with Gasteiger partial charge in [-0.2, -0.15) is 5.10 Å². The van der Waals surface area contributed by atoms with Crippen LogP contribution in [0, 0.1) is 13.8 Å². The van der Waals surface area contributed by atoms with Crippen LogP contribution in [0.25, 0.3) is 0 Å². The van der Waals surface area contributed by atoms with Crippen LogP contribution < -0.4 is 10.1 Å². The Labute approximate surface area is 141 Å². The first-order chi connectivity index (χ1) is 11.6. The molecule has 7 nitrogen and oxygen atoms in total. The molecular formula is C17H23N5O2. The third-order valence-corrected chi connectivity index (χ3v) is 4.48. The summed E-state index contributed by atoms with van der Waals surface area (Å²) in [4.78, 5) is 18.9. The number of hydrogen-bond acceptors (Lipinski definition) is 4. The van der Waals surface area contributed by atoms with Gasteiger partial charge in [0, 0.05) is 17.8 Å². The molecule has 1 aliphatic heterocycles. The first kappa shape index (κ1) is 16.3. The minimum absolute atomic E-state index is 0.0618. The molecule has 1 fully saturated rings. The summed E-state index contributed by atoms with van der Waals surface area (Å²) >= 11 is 0. The molecular weight excluding hydrogens is 306 g/mol. The van der Waals surface area contributed by atoms with Crippen molar-refractivity contribution in [3.8, 4) is 5.75 Å². The predicted molar refractivity (Wildman–Crippen MR) is 91.2 cm³/mol. The van der Waals surface area contributed by atoms with Crippen molar-refractivity contribution in [2.75, 3.05) is 19.0 Å². The maximum atomic E-state index is 12.8. The van der Waals surface area contributed by atoms with Gasteiger partial charge in [0.25, 0.3) is 0 Å². The second kappa shape index (κ2) is 6.90. The van der Waals surface area contributed by atoms with E-state index in [-0.39, 0.29) is 12.1 Å². The lowest BCUT2D eigenvalue weighted by atomic mass is 10.0. The summed E-state index contributed by atoms with van der Waals surface area (Å²) in [5, 5.41) is 9.84. The molecule has 24 heavy (non-hydrogen) atoms. The molecule has 2 N–H and O–H groups in total. The van der Waals surface area contributed by atoms with Gasteiger partial charge < -0.3 is 15.0 Å². The number of hydrogen-bond donors (Lipinski definition) is 2. The minimum atomic E-state index is -0.119. The molecule has 128 valence electrons. The van der Waals surface area contributed by atoms with Gasteiger partial charge in [-0.25, -0.2) is 9.78 Å². The smallest absolute Gasteiger partial charge is 0.322 e. The number of aromatic amines is 1. The predicted octanol–water partition coefficient (Wildman–Crippen LogP) is 3.19. The molecule has 1 aromatic carbocycles. The molecule has 2 amide bonds. The van der Waals surface area contributed by atoms with Gasteiger partial charge in [0.15, 0.2) is 0 Å². The molecule has 0 spiro atoms. The van der Waals surface area contributed by atoms with Gasteiger partial charge >= 0.3 is 6.03 Å². The van der Waals surface area contributed by atoms with E-state index >= 15 is 0 Å². The topological polar surface area (TPSA) is 83.1 Å². The lowest BCUT2D eigenvalue weighted by Gasteiger charge is -2.34. The first-order valence-corrected chi connectivity index (χ1v) is 8.18. The highest BCUT2D eigenvalue weighted by Crippen LogP contribution is 2.31. The van der Waals surface area contributed by atoms with Crippen molar-refractivity contribution in [1.82, 2.24) is 20.1 Å². The van der Waals surface area contributed by atoms with Crippen LogP contribution in [0.3, 0.4) is 0 Å². The van der Waals surface area contributed by atoms with Crippen LogP contribution >= 0.6 is 0 Å². The summed E-state index contributed by atoms with van der Waals surface area (Å²) in [6.45, 7) is 4.63. The van der Waals surface area contributed by atoms with Crippen LogP contribution in [0.2, 0.25) is 0 Å². The van der Waals surface area contributed by atoms with Crippen molar-refractivity contribution in [3.63, 3.8) is 0 Å². The number of anilines is 1. The standard InChI is InChI=1S/C17H23N5O2/c1-11-8-13(12(2)15(9-11)24-3)20-17(23)22-7-5-4-6-14(22)16-18-10-19-21-16/h8-10,14H,4-7H2,1-3H3,(H,20,23)(H,18,19,21). The van der Waals surface area contributed by atoms with E-state index in [2.05, 4.69) is 20.5 Å². The number of nitrogens with zero attached hydrogens (tertiary/aromatic N) is 3. The van der Waals surface area contributed by atoms with Crippen molar-refractivity contribution in [3.05, 3.63) is 35.4 Å². The van der Waals surface area contributed by atoms with E-state index in [1.54, 1.807) is 7.11 Å². The minimum Gasteiger partial charge on any atom is -0.496 e. The Morgan fingerprint density at radius 1 is 1.38 bits per heavy atom. The number of carbonyl (C=O) groups excluding carboxylic acids is 1. The summed E-state index contributed by atoms with van der Waals surface area (Å²) in [5.41, 5.74) is 2.74. The molecule has 2 heterocycles. The molecule has 0 saturated carbocycles. The molecule has 7 heteroatoms. The van der Waals surface area contributed by atoms with Crippen molar-refractivity contribution in [2.24, 2.45) is 0 Å². The van der Waals surface area contributed by atoms with Crippen LogP contribution in [0.15, 0.2) is 18.5 Å². The quantitative estimate of drug-likeness (QED) is 0.906. The SMILES string of the molecule is COc1cc(C)cc(NC(=O)N2CCCCC2c2ncn[nH]2)c1C. The molecule has 1 saturated heterocycles. The molecule has 1 aliphatic rings. The number of aryl methyl sites for hydroxylation is 1. The number of benzene rings is 1. The van der Waals surface area contributed by atoms with Crippen LogP contribution in [0.5, 0.6) is 5.75 Å². The molecule has 0 radical (unpaired) electrons. The van der Waals surface area contributed by atoms with Gasteiger partial charge in [-0.05, 0) is 50.8 Å². The van der Waals surface area contributed by atoms with E-state index in [9.17, 15) is 4.79 Å². The molecule has 1 aromatic heterocycles. The second-order valence-electron chi connectivity index (χ2n) is 6.15. The third kappa shape index (κ3) is 3.20.